The molecule has 4 heteroatoms. The number of halogens is 1. The zero-order valence-electron chi connectivity index (χ0n) is 13.0. The van der Waals surface area contributed by atoms with E-state index in [1.165, 1.54) is 12.8 Å². The van der Waals surface area contributed by atoms with E-state index in [9.17, 15) is 4.79 Å². The van der Waals surface area contributed by atoms with Crippen LogP contribution in [0.5, 0.6) is 0 Å². The molecule has 0 spiro atoms. The standard InChI is InChI=1S/C17H25ClN2O/c1-3-10-20(12-14-7-5-9-19-11-14)17(21)15-8-4-6-13(2)16(15)18/h4,6,8,14,19H,3,5,7,9-12H2,1-2H3. The van der Waals surface area contributed by atoms with Gasteiger partial charge < -0.3 is 10.2 Å². The molecule has 1 atom stereocenters. The Balaban J connectivity index is 2.12. The average Bonchev–Trinajstić information content (AvgIpc) is 2.50. The van der Waals surface area contributed by atoms with Crippen molar-refractivity contribution in [3.05, 3.63) is 34.3 Å². The zero-order valence-corrected chi connectivity index (χ0v) is 13.7. The first-order valence-corrected chi connectivity index (χ1v) is 8.26. The van der Waals surface area contributed by atoms with E-state index in [4.69, 9.17) is 11.6 Å². The molecule has 2 rings (SSSR count). The van der Waals surface area contributed by atoms with Gasteiger partial charge in [0, 0.05) is 13.1 Å². The van der Waals surface area contributed by atoms with Crippen LogP contribution in [0.25, 0.3) is 0 Å². The Morgan fingerprint density at radius 3 is 2.95 bits per heavy atom. The predicted molar refractivity (Wildman–Crippen MR) is 88.0 cm³/mol. The molecular weight excluding hydrogens is 284 g/mol. The fourth-order valence-corrected chi connectivity index (χ4v) is 3.13. The highest BCUT2D eigenvalue weighted by Gasteiger charge is 2.23. The lowest BCUT2D eigenvalue weighted by Gasteiger charge is -2.30. The third-order valence-electron chi connectivity index (χ3n) is 4.08. The van der Waals surface area contributed by atoms with E-state index in [2.05, 4.69) is 12.2 Å². The van der Waals surface area contributed by atoms with Gasteiger partial charge in [0.2, 0.25) is 0 Å². The first-order valence-electron chi connectivity index (χ1n) is 7.88. The zero-order chi connectivity index (χ0) is 15.2. The largest absolute Gasteiger partial charge is 0.338 e. The number of rotatable bonds is 5. The van der Waals surface area contributed by atoms with E-state index in [-0.39, 0.29) is 5.91 Å². The number of nitrogens with one attached hydrogen (secondary N) is 1. The van der Waals surface area contributed by atoms with Crippen molar-refractivity contribution in [2.24, 2.45) is 5.92 Å². The summed E-state index contributed by atoms with van der Waals surface area (Å²) in [5.41, 5.74) is 1.59. The van der Waals surface area contributed by atoms with Gasteiger partial charge in [0.1, 0.15) is 0 Å². The Kier molecular flexibility index (Phi) is 6.07. The first-order chi connectivity index (χ1) is 10.1. The van der Waals surface area contributed by atoms with Crippen LogP contribution in [0.1, 0.15) is 42.1 Å². The molecule has 116 valence electrons. The number of nitrogens with zero attached hydrogens (tertiary/aromatic N) is 1. The minimum atomic E-state index is 0.0659. The molecule has 0 aliphatic carbocycles. The molecule has 1 aliphatic rings. The third kappa shape index (κ3) is 4.21. The normalized spacial score (nSPS) is 18.5. The highest BCUT2D eigenvalue weighted by atomic mass is 35.5. The Bertz CT molecular complexity index is 484. The van der Waals surface area contributed by atoms with Crippen LogP contribution in [0.2, 0.25) is 5.02 Å². The van der Waals surface area contributed by atoms with Crippen molar-refractivity contribution >= 4 is 17.5 Å². The molecule has 1 saturated heterocycles. The fraction of sp³-hybridized carbons (Fsp3) is 0.588. The molecule has 1 aliphatic heterocycles. The van der Waals surface area contributed by atoms with Crippen molar-refractivity contribution in [2.75, 3.05) is 26.2 Å². The van der Waals surface area contributed by atoms with Gasteiger partial charge in [0.25, 0.3) is 5.91 Å². The molecule has 0 saturated carbocycles. The molecule has 1 N–H and O–H groups in total. The number of carbonyl (C=O) groups excluding carboxylic acids is 1. The predicted octanol–water partition coefficient (Wildman–Crippen LogP) is 3.50. The second-order valence-corrected chi connectivity index (χ2v) is 6.28. The number of hydrogen-bond donors (Lipinski definition) is 1. The van der Waals surface area contributed by atoms with E-state index in [0.29, 0.717) is 16.5 Å². The van der Waals surface area contributed by atoms with Crippen molar-refractivity contribution in [1.82, 2.24) is 10.2 Å². The molecule has 0 aromatic heterocycles. The molecule has 1 aromatic carbocycles. The van der Waals surface area contributed by atoms with E-state index in [1.54, 1.807) is 0 Å². The van der Waals surface area contributed by atoms with Gasteiger partial charge in [-0.2, -0.15) is 0 Å². The Hall–Kier alpha value is -1.06. The van der Waals surface area contributed by atoms with Crippen LogP contribution in [0, 0.1) is 12.8 Å². The number of aryl methyl sites for hydroxylation is 1. The van der Waals surface area contributed by atoms with Gasteiger partial charge in [-0.05, 0) is 56.8 Å². The molecular formula is C17H25ClN2O. The molecule has 1 unspecified atom stereocenters. The second kappa shape index (κ2) is 7.81. The van der Waals surface area contributed by atoms with Crippen molar-refractivity contribution in [3.63, 3.8) is 0 Å². The SMILES string of the molecule is CCCN(CC1CCCNC1)C(=O)c1cccc(C)c1Cl. The van der Waals surface area contributed by atoms with E-state index in [1.807, 2.05) is 30.0 Å². The summed E-state index contributed by atoms with van der Waals surface area (Å²) in [7, 11) is 0. The van der Waals surface area contributed by atoms with Crippen LogP contribution in [0.15, 0.2) is 18.2 Å². The summed E-state index contributed by atoms with van der Waals surface area (Å²) in [5.74, 6) is 0.619. The van der Waals surface area contributed by atoms with E-state index in [0.717, 1.165) is 38.2 Å². The quantitative estimate of drug-likeness (QED) is 0.903. The minimum absolute atomic E-state index is 0.0659. The molecule has 0 radical (unpaired) electrons. The molecule has 21 heavy (non-hydrogen) atoms. The summed E-state index contributed by atoms with van der Waals surface area (Å²) in [6.45, 7) is 7.77. The smallest absolute Gasteiger partial charge is 0.255 e. The second-order valence-electron chi connectivity index (χ2n) is 5.90. The molecule has 1 amide bonds. The number of carbonyl (C=O) groups is 1. The molecule has 1 fully saturated rings. The number of piperidine rings is 1. The van der Waals surface area contributed by atoms with Crippen LogP contribution in [0.4, 0.5) is 0 Å². The highest BCUT2D eigenvalue weighted by Crippen LogP contribution is 2.23. The first kappa shape index (κ1) is 16.3. The van der Waals surface area contributed by atoms with Crippen LogP contribution < -0.4 is 5.32 Å². The summed E-state index contributed by atoms with van der Waals surface area (Å²) in [6, 6.07) is 5.68. The fourth-order valence-electron chi connectivity index (χ4n) is 2.92. The van der Waals surface area contributed by atoms with Crippen molar-refractivity contribution < 1.29 is 4.79 Å². The Morgan fingerprint density at radius 1 is 1.48 bits per heavy atom. The van der Waals surface area contributed by atoms with E-state index >= 15 is 0 Å². The van der Waals surface area contributed by atoms with Gasteiger partial charge in [-0.15, -0.1) is 0 Å². The van der Waals surface area contributed by atoms with Gasteiger partial charge in [-0.25, -0.2) is 0 Å². The minimum Gasteiger partial charge on any atom is -0.338 e. The number of hydrogen-bond acceptors (Lipinski definition) is 2. The van der Waals surface area contributed by atoms with Gasteiger partial charge >= 0.3 is 0 Å². The van der Waals surface area contributed by atoms with Gasteiger partial charge in [0.15, 0.2) is 0 Å². The van der Waals surface area contributed by atoms with Crippen LogP contribution in [-0.2, 0) is 0 Å². The van der Waals surface area contributed by atoms with Crippen molar-refractivity contribution in [3.8, 4) is 0 Å². The summed E-state index contributed by atoms with van der Waals surface area (Å²) < 4.78 is 0. The van der Waals surface area contributed by atoms with Crippen molar-refractivity contribution in [1.29, 1.82) is 0 Å². The summed E-state index contributed by atoms with van der Waals surface area (Å²) in [4.78, 5) is 14.8. The summed E-state index contributed by atoms with van der Waals surface area (Å²) >= 11 is 6.32. The number of amides is 1. The number of benzene rings is 1. The van der Waals surface area contributed by atoms with E-state index < -0.39 is 0 Å². The van der Waals surface area contributed by atoms with Crippen molar-refractivity contribution in [2.45, 2.75) is 33.1 Å². The van der Waals surface area contributed by atoms with Gasteiger partial charge in [-0.3, -0.25) is 4.79 Å². The summed E-state index contributed by atoms with van der Waals surface area (Å²) in [6.07, 6.45) is 3.36. The van der Waals surface area contributed by atoms with Crippen LogP contribution in [0.3, 0.4) is 0 Å². The average molecular weight is 309 g/mol. The molecule has 1 heterocycles. The maximum absolute atomic E-state index is 12.8. The Morgan fingerprint density at radius 2 is 2.29 bits per heavy atom. The maximum atomic E-state index is 12.8. The monoisotopic (exact) mass is 308 g/mol. The molecule has 0 bridgehead atoms. The Labute approximate surface area is 132 Å². The van der Waals surface area contributed by atoms with Gasteiger partial charge in [0.05, 0.1) is 10.6 Å². The maximum Gasteiger partial charge on any atom is 0.255 e. The lowest BCUT2D eigenvalue weighted by atomic mass is 9.98. The highest BCUT2D eigenvalue weighted by molar-refractivity contribution is 6.34. The van der Waals surface area contributed by atoms with Crippen LogP contribution >= 0.6 is 11.6 Å². The third-order valence-corrected chi connectivity index (χ3v) is 4.58. The molecule has 3 nitrogen and oxygen atoms in total. The molecule has 1 aromatic rings. The lowest BCUT2D eigenvalue weighted by molar-refractivity contribution is 0.0719. The lowest BCUT2D eigenvalue weighted by Crippen LogP contribution is -2.41. The van der Waals surface area contributed by atoms with Gasteiger partial charge in [-0.1, -0.05) is 30.7 Å². The summed E-state index contributed by atoms with van der Waals surface area (Å²) in [5, 5.41) is 4.01. The van der Waals surface area contributed by atoms with Crippen LogP contribution in [-0.4, -0.2) is 37.0 Å². The topological polar surface area (TPSA) is 32.3 Å².